The summed E-state index contributed by atoms with van der Waals surface area (Å²) in [7, 11) is -3.85. The Balaban J connectivity index is 2.06. The van der Waals surface area contributed by atoms with Crippen molar-refractivity contribution in [2.45, 2.75) is 4.90 Å². The van der Waals surface area contributed by atoms with E-state index < -0.39 is 10.0 Å². The Bertz CT molecular complexity index is 925. The first-order valence-corrected chi connectivity index (χ1v) is 8.77. The van der Waals surface area contributed by atoms with Gasteiger partial charge in [-0.05, 0) is 23.6 Å². The highest BCUT2D eigenvalue weighted by molar-refractivity contribution is 7.93. The zero-order valence-electron chi connectivity index (χ0n) is 10.2. The van der Waals surface area contributed by atoms with Crippen molar-refractivity contribution < 1.29 is 8.42 Å². The summed E-state index contributed by atoms with van der Waals surface area (Å²) in [5, 5.41) is 1.56. The lowest BCUT2D eigenvalue weighted by molar-refractivity contribution is 0.601. The van der Waals surface area contributed by atoms with Gasteiger partial charge in [-0.15, -0.1) is 11.3 Å². The van der Waals surface area contributed by atoms with Crippen molar-refractivity contribution >= 4 is 61.4 Å². The van der Waals surface area contributed by atoms with Crippen LogP contribution in [0.25, 0.3) is 11.0 Å². The third kappa shape index (κ3) is 2.82. The van der Waals surface area contributed by atoms with Gasteiger partial charge in [0, 0.05) is 0 Å². The van der Waals surface area contributed by atoms with Crippen LogP contribution in [-0.4, -0.2) is 18.4 Å². The van der Waals surface area contributed by atoms with Crippen molar-refractivity contribution in [3.05, 3.63) is 45.2 Å². The van der Waals surface area contributed by atoms with E-state index in [-0.39, 0.29) is 20.2 Å². The van der Waals surface area contributed by atoms with Crippen LogP contribution < -0.4 is 4.72 Å². The van der Waals surface area contributed by atoms with Crippen LogP contribution in [0, 0.1) is 0 Å². The second kappa shape index (κ2) is 5.42. The van der Waals surface area contributed by atoms with Crippen molar-refractivity contribution in [3.63, 3.8) is 0 Å². The molecule has 0 fully saturated rings. The number of nitrogens with zero attached hydrogens (tertiary/aromatic N) is 2. The molecule has 3 aromatic rings. The third-order valence-corrected chi connectivity index (χ3v) is 5.69. The fraction of sp³-hybridized carbons (Fsp3) is 0. The molecule has 1 aromatic carbocycles. The minimum absolute atomic E-state index is 0.0137. The number of benzene rings is 1. The molecule has 3 rings (SSSR count). The van der Waals surface area contributed by atoms with Gasteiger partial charge in [-0.25, -0.2) is 18.4 Å². The largest absolute Gasteiger partial charge is 0.265 e. The Morgan fingerprint density at radius 1 is 1.05 bits per heavy atom. The monoisotopic (exact) mass is 359 g/mol. The van der Waals surface area contributed by atoms with E-state index >= 15 is 0 Å². The average molecular weight is 360 g/mol. The number of fused-ring (bicyclic) bond motifs is 1. The molecular formula is C12H7Cl2N3O2S2. The fourth-order valence-corrected chi connectivity index (χ4v) is 4.49. The Kier molecular flexibility index (Phi) is 3.75. The van der Waals surface area contributed by atoms with Gasteiger partial charge in [0.15, 0.2) is 11.0 Å². The number of hydrogen-bond acceptors (Lipinski definition) is 5. The number of rotatable bonds is 3. The van der Waals surface area contributed by atoms with Crippen LogP contribution in [0.4, 0.5) is 5.82 Å². The molecule has 108 valence electrons. The SMILES string of the molecule is O=S(=O)(Nc1nc2ccccc2nc1Cl)c1ccsc1Cl. The van der Waals surface area contributed by atoms with Crippen LogP contribution in [-0.2, 0) is 10.0 Å². The number of nitrogens with one attached hydrogen (secondary N) is 1. The van der Waals surface area contributed by atoms with Gasteiger partial charge < -0.3 is 0 Å². The van der Waals surface area contributed by atoms with Gasteiger partial charge in [0.25, 0.3) is 10.0 Å². The molecule has 0 aliphatic heterocycles. The van der Waals surface area contributed by atoms with Crippen LogP contribution in [0.2, 0.25) is 9.49 Å². The molecule has 1 N–H and O–H groups in total. The highest BCUT2D eigenvalue weighted by Crippen LogP contribution is 2.30. The molecule has 0 saturated heterocycles. The van der Waals surface area contributed by atoms with Gasteiger partial charge in [-0.1, -0.05) is 35.3 Å². The Morgan fingerprint density at radius 3 is 2.33 bits per heavy atom. The molecule has 21 heavy (non-hydrogen) atoms. The van der Waals surface area contributed by atoms with E-state index in [9.17, 15) is 8.42 Å². The molecule has 5 nitrogen and oxygen atoms in total. The third-order valence-electron chi connectivity index (χ3n) is 2.63. The Morgan fingerprint density at radius 2 is 1.71 bits per heavy atom. The number of halogens is 2. The van der Waals surface area contributed by atoms with E-state index in [2.05, 4.69) is 14.7 Å². The number of thiophene rings is 1. The molecule has 2 aromatic heterocycles. The summed E-state index contributed by atoms with van der Waals surface area (Å²) in [5.41, 5.74) is 1.12. The number of sulfonamides is 1. The second-order valence-corrected chi connectivity index (χ2v) is 7.54. The topological polar surface area (TPSA) is 72.0 Å². The number of hydrogen-bond donors (Lipinski definition) is 1. The normalized spacial score (nSPS) is 11.7. The maximum atomic E-state index is 12.3. The Hall–Kier alpha value is -1.41. The molecule has 9 heteroatoms. The van der Waals surface area contributed by atoms with Crippen molar-refractivity contribution in [2.24, 2.45) is 0 Å². The van der Waals surface area contributed by atoms with Gasteiger partial charge in [-0.3, -0.25) is 4.72 Å². The highest BCUT2D eigenvalue weighted by Gasteiger charge is 2.21. The molecule has 0 unspecified atom stereocenters. The van der Waals surface area contributed by atoms with Crippen molar-refractivity contribution in [3.8, 4) is 0 Å². The lowest BCUT2D eigenvalue weighted by Crippen LogP contribution is -2.14. The first-order valence-electron chi connectivity index (χ1n) is 5.65. The molecule has 0 radical (unpaired) electrons. The number of para-hydroxylation sites is 2. The fourth-order valence-electron chi connectivity index (χ4n) is 1.70. The predicted octanol–water partition coefficient (Wildman–Crippen LogP) is 3.80. The van der Waals surface area contributed by atoms with Crippen molar-refractivity contribution in [2.75, 3.05) is 4.72 Å². The summed E-state index contributed by atoms with van der Waals surface area (Å²) in [6.07, 6.45) is 0. The summed E-state index contributed by atoms with van der Waals surface area (Å²) in [5.74, 6) is -0.0300. The maximum absolute atomic E-state index is 12.3. The van der Waals surface area contributed by atoms with E-state index in [0.29, 0.717) is 11.0 Å². The minimum atomic E-state index is -3.85. The highest BCUT2D eigenvalue weighted by atomic mass is 35.5. The van der Waals surface area contributed by atoms with E-state index in [0.717, 1.165) is 11.3 Å². The van der Waals surface area contributed by atoms with E-state index in [1.807, 2.05) is 0 Å². The van der Waals surface area contributed by atoms with Gasteiger partial charge in [-0.2, -0.15) is 0 Å². The standard InChI is InChI=1S/C12H7Cl2N3O2S2/c13-10-12(16-8-4-2-1-3-7(8)15-10)17-21(18,19)9-5-6-20-11(9)14/h1-6H,(H,16,17). The molecule has 0 aliphatic carbocycles. The molecule has 0 aliphatic rings. The molecule has 0 atom stereocenters. The van der Waals surface area contributed by atoms with Gasteiger partial charge in [0.2, 0.25) is 0 Å². The molecule has 0 bridgehead atoms. The first kappa shape index (κ1) is 14.5. The van der Waals surface area contributed by atoms with Crippen LogP contribution >= 0.6 is 34.5 Å². The van der Waals surface area contributed by atoms with Crippen LogP contribution in [0.3, 0.4) is 0 Å². The zero-order valence-corrected chi connectivity index (χ0v) is 13.4. The molecule has 0 spiro atoms. The van der Waals surface area contributed by atoms with E-state index in [1.165, 1.54) is 6.07 Å². The molecular weight excluding hydrogens is 353 g/mol. The summed E-state index contributed by atoms with van der Waals surface area (Å²) in [6.45, 7) is 0. The van der Waals surface area contributed by atoms with Crippen LogP contribution in [0.15, 0.2) is 40.6 Å². The van der Waals surface area contributed by atoms with Gasteiger partial charge >= 0.3 is 0 Å². The van der Waals surface area contributed by atoms with Crippen molar-refractivity contribution in [1.29, 1.82) is 0 Å². The lowest BCUT2D eigenvalue weighted by Gasteiger charge is -2.08. The quantitative estimate of drug-likeness (QED) is 0.771. The Labute approximate surface area is 134 Å². The number of aromatic nitrogens is 2. The molecule has 2 heterocycles. The maximum Gasteiger partial charge on any atom is 0.265 e. The molecule has 0 amide bonds. The molecule has 0 saturated carbocycles. The summed E-state index contributed by atoms with van der Waals surface area (Å²) in [6, 6.07) is 8.44. The summed E-state index contributed by atoms with van der Waals surface area (Å²) in [4.78, 5) is 8.27. The zero-order chi connectivity index (χ0) is 15.0. The average Bonchev–Trinajstić information content (AvgIpc) is 2.86. The second-order valence-electron chi connectivity index (χ2n) is 4.02. The number of anilines is 1. The first-order chi connectivity index (χ1) is 9.97. The predicted molar refractivity (Wildman–Crippen MR) is 84.7 cm³/mol. The lowest BCUT2D eigenvalue weighted by atomic mass is 10.3. The van der Waals surface area contributed by atoms with Crippen LogP contribution in [0.1, 0.15) is 0 Å². The van der Waals surface area contributed by atoms with Crippen molar-refractivity contribution in [1.82, 2.24) is 9.97 Å². The van der Waals surface area contributed by atoms with Crippen LogP contribution in [0.5, 0.6) is 0 Å². The smallest absolute Gasteiger partial charge is 0.261 e. The van der Waals surface area contributed by atoms with E-state index in [4.69, 9.17) is 23.2 Å². The summed E-state index contributed by atoms with van der Waals surface area (Å²) < 4.78 is 27.0. The van der Waals surface area contributed by atoms with Gasteiger partial charge in [0.1, 0.15) is 9.23 Å². The minimum Gasteiger partial charge on any atom is -0.261 e. The summed E-state index contributed by atoms with van der Waals surface area (Å²) >= 11 is 13.0. The van der Waals surface area contributed by atoms with Gasteiger partial charge in [0.05, 0.1) is 11.0 Å². The van der Waals surface area contributed by atoms with E-state index in [1.54, 1.807) is 29.6 Å².